The summed E-state index contributed by atoms with van der Waals surface area (Å²) >= 11 is 0. The molecule has 0 saturated heterocycles. The van der Waals surface area contributed by atoms with E-state index in [9.17, 15) is 9.59 Å². The quantitative estimate of drug-likeness (QED) is 0.245. The van der Waals surface area contributed by atoms with Gasteiger partial charge >= 0.3 is 11.9 Å². The number of benzene rings is 2. The molecule has 0 unspecified atom stereocenters. The van der Waals surface area contributed by atoms with E-state index < -0.39 is 11.9 Å². The van der Waals surface area contributed by atoms with E-state index in [1.165, 1.54) is 26.4 Å². The zero-order valence-corrected chi connectivity index (χ0v) is 20.2. The first-order valence-electron chi connectivity index (χ1n) is 11.0. The molecule has 10 heteroatoms. The van der Waals surface area contributed by atoms with Crippen molar-refractivity contribution in [1.82, 2.24) is 0 Å². The van der Waals surface area contributed by atoms with E-state index in [0.717, 1.165) is 12.2 Å². The van der Waals surface area contributed by atoms with Crippen LogP contribution >= 0.6 is 0 Å². The molecule has 0 atom stereocenters. The third-order valence-electron chi connectivity index (χ3n) is 4.55. The second-order valence-electron chi connectivity index (χ2n) is 7.09. The normalized spacial score (nSPS) is 11.1. The van der Waals surface area contributed by atoms with E-state index >= 15 is 0 Å². The summed E-state index contributed by atoms with van der Waals surface area (Å²) in [5.41, 5.74) is 1.34. The molecule has 0 radical (unpaired) electrons. The van der Waals surface area contributed by atoms with Gasteiger partial charge in [-0.2, -0.15) is 0 Å². The molecular formula is C26H30O10. The molecule has 2 aromatic carbocycles. The monoisotopic (exact) mass is 502 g/mol. The topological polar surface area (TPSA) is 130 Å². The van der Waals surface area contributed by atoms with Crippen molar-refractivity contribution in [3.8, 4) is 23.0 Å². The van der Waals surface area contributed by atoms with Gasteiger partial charge in [0.2, 0.25) is 0 Å². The summed E-state index contributed by atoms with van der Waals surface area (Å²) < 4.78 is 32.9. The van der Waals surface area contributed by atoms with Gasteiger partial charge in [0.05, 0.1) is 40.6 Å². The van der Waals surface area contributed by atoms with Crippen LogP contribution in [-0.2, 0) is 19.1 Å². The fraction of sp³-hybridized carbons (Fsp3) is 0.308. The molecule has 2 N–H and O–H groups in total. The Labute approximate surface area is 209 Å². The van der Waals surface area contributed by atoms with Crippen LogP contribution < -0.4 is 18.9 Å². The summed E-state index contributed by atoms with van der Waals surface area (Å²) in [6.07, 6.45) is 5.03. The molecule has 0 fully saturated rings. The lowest BCUT2D eigenvalue weighted by Gasteiger charge is -2.12. The number of hydrogen-bond donors (Lipinski definition) is 2. The van der Waals surface area contributed by atoms with Crippen LogP contribution in [0.25, 0.3) is 12.2 Å². The number of ether oxygens (including phenoxy) is 6. The van der Waals surface area contributed by atoms with Crippen molar-refractivity contribution >= 4 is 24.1 Å². The van der Waals surface area contributed by atoms with Crippen molar-refractivity contribution < 1.29 is 48.2 Å². The van der Waals surface area contributed by atoms with E-state index in [2.05, 4.69) is 0 Å². The standard InChI is InChI=1S/C26H30O10/c1-31-21-7-3-19(5-9-25(27)28)17-23(21)35-15-13-33-11-12-34-14-16-36-24-18-20(6-10-26(29)30)4-8-22(24)32-2/h3-10,17-18H,11-16H2,1-2H3,(H,27,28)(H,29,30). The van der Waals surface area contributed by atoms with E-state index in [1.807, 2.05) is 0 Å². The Hall–Kier alpha value is -4.02. The average molecular weight is 503 g/mol. The maximum atomic E-state index is 10.7. The summed E-state index contributed by atoms with van der Waals surface area (Å²) in [6, 6.07) is 10.2. The highest BCUT2D eigenvalue weighted by Gasteiger charge is 2.07. The van der Waals surface area contributed by atoms with E-state index in [1.54, 1.807) is 36.4 Å². The maximum absolute atomic E-state index is 10.7. The molecule has 0 heterocycles. The van der Waals surface area contributed by atoms with Crippen LogP contribution in [0, 0.1) is 0 Å². The molecule has 0 aromatic heterocycles. The molecule has 0 aliphatic heterocycles. The predicted molar refractivity (Wildman–Crippen MR) is 132 cm³/mol. The summed E-state index contributed by atoms with van der Waals surface area (Å²) in [5.74, 6) is -0.0265. The van der Waals surface area contributed by atoms with Crippen LogP contribution in [-0.4, -0.2) is 76.0 Å². The average Bonchev–Trinajstić information content (AvgIpc) is 2.87. The molecule has 2 aromatic rings. The molecular weight excluding hydrogens is 472 g/mol. The Kier molecular flexibility index (Phi) is 12.4. The maximum Gasteiger partial charge on any atom is 0.328 e. The Balaban J connectivity index is 1.65. The minimum absolute atomic E-state index is 0.276. The summed E-state index contributed by atoms with van der Waals surface area (Å²) in [6.45, 7) is 1.93. The number of aliphatic carboxylic acids is 2. The number of hydrogen-bond acceptors (Lipinski definition) is 8. The Bertz CT molecular complexity index is 962. The second-order valence-corrected chi connectivity index (χ2v) is 7.09. The van der Waals surface area contributed by atoms with Crippen LogP contribution in [0.1, 0.15) is 11.1 Å². The Morgan fingerprint density at radius 2 is 1.03 bits per heavy atom. The Morgan fingerprint density at radius 3 is 1.39 bits per heavy atom. The van der Waals surface area contributed by atoms with Gasteiger partial charge in [-0.05, 0) is 47.5 Å². The van der Waals surface area contributed by atoms with Gasteiger partial charge in [-0.15, -0.1) is 0 Å². The van der Waals surface area contributed by atoms with Gasteiger partial charge in [0.1, 0.15) is 13.2 Å². The van der Waals surface area contributed by atoms with E-state index in [0.29, 0.717) is 60.6 Å². The molecule has 0 aliphatic rings. The highest BCUT2D eigenvalue weighted by molar-refractivity contribution is 5.86. The minimum atomic E-state index is -1.03. The number of carboxylic acids is 2. The van der Waals surface area contributed by atoms with Crippen molar-refractivity contribution in [1.29, 1.82) is 0 Å². The van der Waals surface area contributed by atoms with Gasteiger partial charge < -0.3 is 38.6 Å². The third-order valence-corrected chi connectivity index (χ3v) is 4.55. The number of carbonyl (C=O) groups is 2. The lowest BCUT2D eigenvalue weighted by molar-refractivity contribution is -0.132. The first-order valence-corrected chi connectivity index (χ1v) is 11.0. The molecule has 10 nitrogen and oxygen atoms in total. The lowest BCUT2D eigenvalue weighted by atomic mass is 10.2. The van der Waals surface area contributed by atoms with Crippen LogP contribution in [0.15, 0.2) is 48.6 Å². The van der Waals surface area contributed by atoms with Crippen molar-refractivity contribution in [3.05, 3.63) is 59.7 Å². The third kappa shape index (κ3) is 10.5. The molecule has 0 spiro atoms. The van der Waals surface area contributed by atoms with Gasteiger partial charge in [-0.1, -0.05) is 12.1 Å². The minimum Gasteiger partial charge on any atom is -0.493 e. The smallest absolute Gasteiger partial charge is 0.328 e. The predicted octanol–water partition coefficient (Wildman–Crippen LogP) is 3.39. The van der Waals surface area contributed by atoms with Crippen LogP contribution in [0.4, 0.5) is 0 Å². The number of carboxylic acid groups (broad SMARTS) is 2. The van der Waals surface area contributed by atoms with Gasteiger partial charge in [0.15, 0.2) is 23.0 Å². The fourth-order valence-corrected chi connectivity index (χ4v) is 2.90. The van der Waals surface area contributed by atoms with E-state index in [4.69, 9.17) is 38.6 Å². The molecule has 0 aliphatic carbocycles. The zero-order valence-electron chi connectivity index (χ0n) is 20.2. The summed E-state index contributed by atoms with van der Waals surface area (Å²) in [7, 11) is 3.05. The fourth-order valence-electron chi connectivity index (χ4n) is 2.90. The largest absolute Gasteiger partial charge is 0.493 e. The van der Waals surface area contributed by atoms with Crippen molar-refractivity contribution in [2.75, 3.05) is 53.9 Å². The van der Waals surface area contributed by atoms with E-state index in [-0.39, 0.29) is 13.2 Å². The van der Waals surface area contributed by atoms with Gasteiger partial charge in [0.25, 0.3) is 0 Å². The first kappa shape index (κ1) is 28.2. The van der Waals surface area contributed by atoms with Crippen molar-refractivity contribution in [3.63, 3.8) is 0 Å². The van der Waals surface area contributed by atoms with Crippen molar-refractivity contribution in [2.45, 2.75) is 0 Å². The SMILES string of the molecule is COc1ccc(C=CC(=O)O)cc1OCCOCCOCCOc1cc(C=CC(=O)O)ccc1OC. The highest BCUT2D eigenvalue weighted by Crippen LogP contribution is 2.29. The number of rotatable bonds is 17. The van der Waals surface area contributed by atoms with Gasteiger partial charge in [-0.25, -0.2) is 9.59 Å². The molecule has 36 heavy (non-hydrogen) atoms. The highest BCUT2D eigenvalue weighted by atomic mass is 16.6. The van der Waals surface area contributed by atoms with Crippen LogP contribution in [0.5, 0.6) is 23.0 Å². The van der Waals surface area contributed by atoms with Crippen LogP contribution in [0.3, 0.4) is 0 Å². The first-order chi connectivity index (χ1) is 17.4. The molecule has 0 saturated carbocycles. The summed E-state index contributed by atoms with van der Waals surface area (Å²) in [4.78, 5) is 21.4. The van der Waals surface area contributed by atoms with Crippen LogP contribution in [0.2, 0.25) is 0 Å². The lowest BCUT2D eigenvalue weighted by Crippen LogP contribution is -2.13. The molecule has 194 valence electrons. The second kappa shape index (κ2) is 15.8. The van der Waals surface area contributed by atoms with Crippen molar-refractivity contribution in [2.24, 2.45) is 0 Å². The van der Waals surface area contributed by atoms with Gasteiger partial charge in [0, 0.05) is 12.2 Å². The summed E-state index contributed by atoms with van der Waals surface area (Å²) in [5, 5.41) is 17.5. The zero-order chi connectivity index (χ0) is 26.2. The molecule has 0 amide bonds. The molecule has 0 bridgehead atoms. The molecule has 2 rings (SSSR count). The number of methoxy groups -OCH3 is 2. The van der Waals surface area contributed by atoms with Gasteiger partial charge in [-0.3, -0.25) is 0 Å². The Morgan fingerprint density at radius 1 is 0.639 bits per heavy atom.